The maximum Gasteiger partial charge on any atom is 0.317 e. The fourth-order valence-corrected chi connectivity index (χ4v) is 3.42. The summed E-state index contributed by atoms with van der Waals surface area (Å²) in [5.41, 5.74) is 0.374. The van der Waals surface area contributed by atoms with Gasteiger partial charge in [-0.2, -0.15) is 9.78 Å². The zero-order valence-corrected chi connectivity index (χ0v) is 18.7. The summed E-state index contributed by atoms with van der Waals surface area (Å²) in [6.45, 7) is 8.84. The first-order chi connectivity index (χ1) is 15.4. The smallest absolute Gasteiger partial charge is 0.317 e. The molecular formula is C22H30FN5O4. The molecule has 1 fully saturated rings. The van der Waals surface area contributed by atoms with Crippen molar-refractivity contribution in [1.82, 2.24) is 20.0 Å². The van der Waals surface area contributed by atoms with E-state index in [9.17, 15) is 14.0 Å². The molecule has 174 valence electrons. The van der Waals surface area contributed by atoms with Crippen LogP contribution >= 0.6 is 0 Å². The highest BCUT2D eigenvalue weighted by Crippen LogP contribution is 2.25. The van der Waals surface area contributed by atoms with Crippen LogP contribution in [-0.4, -0.2) is 72.8 Å². The third kappa shape index (κ3) is 5.76. The zero-order valence-electron chi connectivity index (χ0n) is 18.7. The van der Waals surface area contributed by atoms with Gasteiger partial charge in [0.2, 0.25) is 5.75 Å². The molecule has 3 rings (SSSR count). The van der Waals surface area contributed by atoms with Gasteiger partial charge in [-0.1, -0.05) is 6.07 Å². The molecule has 0 bridgehead atoms. The highest BCUT2D eigenvalue weighted by Gasteiger charge is 2.25. The molecule has 0 aliphatic carbocycles. The first-order valence-electron chi connectivity index (χ1n) is 10.8. The standard InChI is InChI=1S/C22H30FN5O4/c1-4-31-12-13-32-20-19(26-8-10-27(11-9-26)22(30)25-16(2)3)15-24-28(21(20)29)18-7-5-6-17(23)14-18/h5-7,14-16H,4,8-13H2,1-3H3,(H,25,30). The molecule has 32 heavy (non-hydrogen) atoms. The molecule has 1 saturated heterocycles. The van der Waals surface area contributed by atoms with Crippen molar-refractivity contribution < 1.29 is 18.7 Å². The zero-order chi connectivity index (χ0) is 23.1. The quantitative estimate of drug-likeness (QED) is 0.623. The van der Waals surface area contributed by atoms with Crippen molar-refractivity contribution in [3.63, 3.8) is 0 Å². The number of hydrogen-bond acceptors (Lipinski definition) is 6. The van der Waals surface area contributed by atoms with Gasteiger partial charge in [0.1, 0.15) is 18.1 Å². The first kappa shape index (κ1) is 23.5. The van der Waals surface area contributed by atoms with Crippen molar-refractivity contribution in [3.05, 3.63) is 46.6 Å². The predicted molar refractivity (Wildman–Crippen MR) is 119 cm³/mol. The van der Waals surface area contributed by atoms with Crippen LogP contribution in [0.15, 0.2) is 35.3 Å². The number of benzene rings is 1. The van der Waals surface area contributed by atoms with Crippen molar-refractivity contribution in [3.8, 4) is 11.4 Å². The van der Waals surface area contributed by atoms with E-state index in [4.69, 9.17) is 9.47 Å². The van der Waals surface area contributed by atoms with Gasteiger partial charge in [0.15, 0.2) is 0 Å². The number of ether oxygens (including phenoxy) is 2. The van der Waals surface area contributed by atoms with Gasteiger partial charge in [-0.05, 0) is 39.0 Å². The Hall–Kier alpha value is -3.14. The summed E-state index contributed by atoms with van der Waals surface area (Å²) in [6.07, 6.45) is 1.55. The van der Waals surface area contributed by atoms with Crippen molar-refractivity contribution in [1.29, 1.82) is 0 Å². The van der Waals surface area contributed by atoms with Crippen LogP contribution in [-0.2, 0) is 4.74 Å². The lowest BCUT2D eigenvalue weighted by atomic mass is 10.2. The van der Waals surface area contributed by atoms with E-state index in [2.05, 4.69) is 10.4 Å². The minimum absolute atomic E-state index is 0.0606. The van der Waals surface area contributed by atoms with E-state index in [-0.39, 0.29) is 24.4 Å². The summed E-state index contributed by atoms with van der Waals surface area (Å²) < 4.78 is 25.9. The molecule has 0 spiro atoms. The number of urea groups is 1. The Morgan fingerprint density at radius 1 is 1.22 bits per heavy atom. The van der Waals surface area contributed by atoms with Gasteiger partial charge in [0, 0.05) is 38.8 Å². The van der Waals surface area contributed by atoms with Gasteiger partial charge >= 0.3 is 11.6 Å². The van der Waals surface area contributed by atoms with Crippen molar-refractivity contribution >= 4 is 11.7 Å². The molecule has 2 aromatic rings. The SMILES string of the molecule is CCOCCOc1c(N2CCN(C(=O)NC(C)C)CC2)cnn(-c2cccc(F)c2)c1=O. The molecule has 0 atom stereocenters. The summed E-state index contributed by atoms with van der Waals surface area (Å²) >= 11 is 0. The molecule has 0 unspecified atom stereocenters. The number of nitrogens with zero attached hydrogens (tertiary/aromatic N) is 4. The molecule has 1 aromatic carbocycles. The summed E-state index contributed by atoms with van der Waals surface area (Å²) in [6, 6.07) is 5.62. The predicted octanol–water partition coefficient (Wildman–Crippen LogP) is 2.03. The number of halogens is 1. The van der Waals surface area contributed by atoms with E-state index in [1.807, 2.05) is 25.7 Å². The van der Waals surface area contributed by atoms with Crippen LogP contribution in [0.25, 0.3) is 5.69 Å². The molecule has 9 nitrogen and oxygen atoms in total. The molecule has 1 aliphatic heterocycles. The highest BCUT2D eigenvalue weighted by atomic mass is 19.1. The van der Waals surface area contributed by atoms with Crippen LogP contribution in [0.3, 0.4) is 0 Å². The number of aromatic nitrogens is 2. The second-order valence-corrected chi connectivity index (χ2v) is 7.68. The highest BCUT2D eigenvalue weighted by molar-refractivity contribution is 5.75. The van der Waals surface area contributed by atoms with E-state index in [1.54, 1.807) is 17.2 Å². The molecule has 10 heteroatoms. The summed E-state index contributed by atoms with van der Waals surface area (Å²) in [7, 11) is 0. The third-order valence-electron chi connectivity index (χ3n) is 4.97. The number of nitrogens with one attached hydrogen (secondary N) is 1. The minimum atomic E-state index is -0.482. The van der Waals surface area contributed by atoms with Crippen LogP contribution in [0.4, 0.5) is 14.9 Å². The molecule has 0 saturated carbocycles. The Labute approximate surface area is 186 Å². The number of carbonyl (C=O) groups excluding carboxylic acids is 1. The molecule has 1 aliphatic rings. The van der Waals surface area contributed by atoms with Gasteiger partial charge in [0.05, 0.1) is 18.5 Å². The largest absolute Gasteiger partial charge is 0.484 e. The fraction of sp³-hybridized carbons (Fsp3) is 0.500. The average molecular weight is 448 g/mol. The van der Waals surface area contributed by atoms with Crippen LogP contribution in [0.5, 0.6) is 5.75 Å². The number of hydrogen-bond donors (Lipinski definition) is 1. The number of piperazine rings is 1. The van der Waals surface area contributed by atoms with Crippen molar-refractivity contribution in [2.45, 2.75) is 26.8 Å². The summed E-state index contributed by atoms with van der Waals surface area (Å²) in [5, 5.41) is 7.15. The number of rotatable bonds is 8. The maximum absolute atomic E-state index is 13.7. The molecule has 0 radical (unpaired) electrons. The lowest BCUT2D eigenvalue weighted by molar-refractivity contribution is 0.109. The average Bonchev–Trinajstić information content (AvgIpc) is 2.77. The molecule has 2 amide bonds. The maximum atomic E-state index is 13.7. The normalized spacial score (nSPS) is 14.0. The molecule has 2 heterocycles. The van der Waals surface area contributed by atoms with Gasteiger partial charge in [-0.15, -0.1) is 0 Å². The van der Waals surface area contributed by atoms with Crippen LogP contribution in [0.1, 0.15) is 20.8 Å². The van der Waals surface area contributed by atoms with Crippen molar-refractivity contribution in [2.24, 2.45) is 0 Å². The van der Waals surface area contributed by atoms with Crippen molar-refractivity contribution in [2.75, 3.05) is 50.9 Å². The van der Waals surface area contributed by atoms with E-state index in [1.165, 1.54) is 18.2 Å². The van der Waals surface area contributed by atoms with Gasteiger partial charge in [-0.25, -0.2) is 9.18 Å². The van der Waals surface area contributed by atoms with Crippen LogP contribution < -0.4 is 20.5 Å². The second-order valence-electron chi connectivity index (χ2n) is 7.68. The summed E-state index contributed by atoms with van der Waals surface area (Å²) in [4.78, 5) is 29.2. The van der Waals surface area contributed by atoms with E-state index in [0.29, 0.717) is 50.8 Å². The fourth-order valence-electron chi connectivity index (χ4n) is 3.42. The van der Waals surface area contributed by atoms with E-state index < -0.39 is 11.4 Å². The van der Waals surface area contributed by atoms with E-state index >= 15 is 0 Å². The monoisotopic (exact) mass is 447 g/mol. The topological polar surface area (TPSA) is 88.9 Å². The van der Waals surface area contributed by atoms with Gasteiger partial charge in [0.25, 0.3) is 0 Å². The lowest BCUT2D eigenvalue weighted by Gasteiger charge is -2.36. The summed E-state index contributed by atoms with van der Waals surface area (Å²) in [5.74, 6) is -0.334. The lowest BCUT2D eigenvalue weighted by Crippen LogP contribution is -2.53. The minimum Gasteiger partial charge on any atom is -0.484 e. The Morgan fingerprint density at radius 3 is 2.62 bits per heavy atom. The first-order valence-corrected chi connectivity index (χ1v) is 10.8. The Morgan fingerprint density at radius 2 is 1.97 bits per heavy atom. The molecular weight excluding hydrogens is 417 g/mol. The molecule has 1 N–H and O–H groups in total. The Kier molecular flexibility index (Phi) is 8.04. The van der Waals surface area contributed by atoms with Gasteiger partial charge < -0.3 is 24.6 Å². The third-order valence-corrected chi connectivity index (χ3v) is 4.97. The second kappa shape index (κ2) is 10.9. The van der Waals surface area contributed by atoms with E-state index in [0.717, 1.165) is 4.68 Å². The Balaban J connectivity index is 1.84. The molecule has 1 aromatic heterocycles. The number of amides is 2. The van der Waals surface area contributed by atoms with Gasteiger partial charge in [-0.3, -0.25) is 4.79 Å². The number of anilines is 1. The van der Waals surface area contributed by atoms with Crippen LogP contribution in [0, 0.1) is 5.82 Å². The van der Waals surface area contributed by atoms with Crippen LogP contribution in [0.2, 0.25) is 0 Å². The number of carbonyl (C=O) groups is 1. The Bertz CT molecular complexity index is 973.